The van der Waals surface area contributed by atoms with Gasteiger partial charge in [-0.1, -0.05) is 26.2 Å². The monoisotopic (exact) mass is 348 g/mol. The predicted molar refractivity (Wildman–Crippen MR) is 101 cm³/mol. The molecule has 0 radical (unpaired) electrons. The lowest BCUT2D eigenvalue weighted by atomic mass is 10.2. The summed E-state index contributed by atoms with van der Waals surface area (Å²) in [4.78, 5) is 4.29. The summed E-state index contributed by atoms with van der Waals surface area (Å²) >= 11 is 13.4. The van der Waals surface area contributed by atoms with Crippen LogP contribution in [0.3, 0.4) is 0 Å². The highest BCUT2D eigenvalue weighted by molar-refractivity contribution is 7.27. The molecule has 0 aromatic heterocycles. The number of nitrogens with zero attached hydrogens (tertiary/aromatic N) is 2. The van der Waals surface area contributed by atoms with Crippen molar-refractivity contribution in [1.29, 1.82) is 0 Å². The fraction of sp³-hybridized carbons (Fsp3) is 0.571. The van der Waals surface area contributed by atoms with Crippen molar-refractivity contribution >= 4 is 58.7 Å². The van der Waals surface area contributed by atoms with Crippen LogP contribution in [0, 0.1) is 0 Å². The van der Waals surface area contributed by atoms with Crippen LogP contribution in [0.4, 0.5) is 11.4 Å². The topological polar surface area (TPSA) is 6.48 Å². The van der Waals surface area contributed by atoms with Crippen LogP contribution in [0.1, 0.15) is 0 Å². The van der Waals surface area contributed by atoms with Gasteiger partial charge in [0.2, 0.25) is 0 Å². The normalized spacial score (nSPS) is 12.5. The average Bonchev–Trinajstić information content (AvgIpc) is 2.24. The highest BCUT2D eigenvalue weighted by Gasteiger charge is 2.31. The van der Waals surface area contributed by atoms with Crippen molar-refractivity contribution in [1.82, 2.24) is 0 Å². The van der Waals surface area contributed by atoms with Gasteiger partial charge in [-0.15, -0.1) is 0 Å². The summed E-state index contributed by atoms with van der Waals surface area (Å²) < 4.78 is 0. The van der Waals surface area contributed by atoms with Crippen LogP contribution in [-0.4, -0.2) is 43.0 Å². The molecular weight excluding hydrogens is 323 g/mol. The minimum Gasteiger partial charge on any atom is -0.378 e. The fourth-order valence-electron chi connectivity index (χ4n) is 2.27. The van der Waals surface area contributed by atoms with E-state index in [-0.39, 0.29) is 0 Å². The number of hydrogen-bond acceptors (Lipinski definition) is 2. The lowest BCUT2D eigenvalue weighted by molar-refractivity contribution is 1.12. The third kappa shape index (κ3) is 3.94. The molecule has 0 unspecified atom stereocenters. The van der Waals surface area contributed by atoms with E-state index >= 15 is 0 Å². The summed E-state index contributed by atoms with van der Waals surface area (Å²) in [7, 11) is 4.42. The molecule has 0 atom stereocenters. The molecule has 114 valence electrons. The highest BCUT2D eigenvalue weighted by atomic mass is 35.6. The van der Waals surface area contributed by atoms with Crippen LogP contribution in [0.25, 0.3) is 0 Å². The average molecular weight is 349 g/mol. The molecule has 0 N–H and O–H groups in total. The van der Waals surface area contributed by atoms with Crippen LogP contribution < -0.4 is 20.2 Å². The Morgan fingerprint density at radius 3 is 1.10 bits per heavy atom. The van der Waals surface area contributed by atoms with Crippen molar-refractivity contribution in [2.45, 2.75) is 26.2 Å². The van der Waals surface area contributed by atoms with Crippen molar-refractivity contribution in [2.75, 3.05) is 38.0 Å². The molecule has 1 aromatic rings. The first kappa shape index (κ1) is 17.9. The Morgan fingerprint density at radius 1 is 0.700 bits per heavy atom. The Labute approximate surface area is 135 Å². The maximum atomic E-state index is 6.72. The predicted octanol–water partition coefficient (Wildman–Crippen LogP) is 3.12. The van der Waals surface area contributed by atoms with Gasteiger partial charge in [0, 0.05) is 39.6 Å². The van der Waals surface area contributed by atoms with E-state index in [4.69, 9.17) is 22.2 Å². The number of anilines is 2. The second-order valence-electron chi connectivity index (χ2n) is 6.62. The largest absolute Gasteiger partial charge is 0.378 e. The van der Waals surface area contributed by atoms with Gasteiger partial charge in [0.05, 0.1) is 0 Å². The molecule has 0 aliphatic heterocycles. The second-order valence-corrected chi connectivity index (χ2v) is 19.3. The Morgan fingerprint density at radius 2 is 0.950 bits per heavy atom. The number of halogens is 2. The van der Waals surface area contributed by atoms with Gasteiger partial charge in [0.25, 0.3) is 0 Å². The third-order valence-corrected chi connectivity index (χ3v) is 7.94. The molecule has 0 saturated heterocycles. The van der Waals surface area contributed by atoms with E-state index in [1.165, 1.54) is 21.7 Å². The molecule has 1 rings (SSSR count). The van der Waals surface area contributed by atoms with E-state index in [1.54, 1.807) is 0 Å². The lowest BCUT2D eigenvalue weighted by Gasteiger charge is -2.30. The van der Waals surface area contributed by atoms with Gasteiger partial charge in [-0.05, 0) is 22.5 Å². The van der Waals surface area contributed by atoms with Crippen molar-refractivity contribution in [3.8, 4) is 0 Å². The highest BCUT2D eigenvalue weighted by Crippen LogP contribution is 2.24. The summed E-state index contributed by atoms with van der Waals surface area (Å²) in [6.07, 6.45) is 0. The summed E-state index contributed by atoms with van der Waals surface area (Å²) in [5, 5.41) is 2.54. The maximum Gasteiger partial charge on any atom is 0.183 e. The summed E-state index contributed by atoms with van der Waals surface area (Å²) in [6.45, 7) is 8.66. The van der Waals surface area contributed by atoms with Crippen LogP contribution in [0.2, 0.25) is 26.2 Å². The molecule has 2 nitrogen and oxygen atoms in total. The molecule has 0 saturated carbocycles. The van der Waals surface area contributed by atoms with Crippen molar-refractivity contribution in [2.24, 2.45) is 0 Å². The van der Waals surface area contributed by atoms with Crippen molar-refractivity contribution in [3.63, 3.8) is 0 Å². The van der Waals surface area contributed by atoms with Crippen LogP contribution in [-0.2, 0) is 0 Å². The summed E-state index contributed by atoms with van der Waals surface area (Å²) in [5.74, 6) is 0. The van der Waals surface area contributed by atoms with E-state index < -0.39 is 14.8 Å². The minimum absolute atomic E-state index is 1.21. The van der Waals surface area contributed by atoms with Crippen LogP contribution >= 0.6 is 22.2 Å². The molecule has 0 spiro atoms. The molecule has 0 heterocycles. The Hall–Kier alpha value is -0.166. The SMILES string of the molecule is CN(C)c1cc([Si](C)(C)Cl)c(N(C)C)cc1[Si](C)(C)Cl. The zero-order valence-corrected chi connectivity index (χ0v) is 17.3. The Kier molecular flexibility index (Phi) is 5.29. The van der Waals surface area contributed by atoms with E-state index in [0.717, 1.165) is 0 Å². The fourth-order valence-corrected chi connectivity index (χ4v) is 5.95. The maximum absolute atomic E-state index is 6.72. The van der Waals surface area contributed by atoms with E-state index in [9.17, 15) is 0 Å². The number of benzene rings is 1. The van der Waals surface area contributed by atoms with Crippen molar-refractivity contribution in [3.05, 3.63) is 12.1 Å². The Balaban J connectivity index is 3.70. The molecule has 0 bridgehead atoms. The van der Waals surface area contributed by atoms with Gasteiger partial charge in [-0.3, -0.25) is 0 Å². The zero-order chi connectivity index (χ0) is 15.9. The first-order chi connectivity index (χ1) is 8.85. The van der Waals surface area contributed by atoms with Gasteiger partial charge in [0.1, 0.15) is 0 Å². The first-order valence-corrected chi connectivity index (χ1v) is 14.8. The van der Waals surface area contributed by atoms with Gasteiger partial charge >= 0.3 is 0 Å². The first-order valence-electron chi connectivity index (χ1n) is 6.77. The molecule has 6 heteroatoms. The standard InChI is InChI=1S/C14H26Cl2N2Si2/c1-17(2)11-9-14(20(7,8)16)12(18(3)4)10-13(11)19(5,6)15/h9-10H,1-8H3. The van der Waals surface area contributed by atoms with Crippen LogP contribution in [0.15, 0.2) is 12.1 Å². The van der Waals surface area contributed by atoms with Crippen LogP contribution in [0.5, 0.6) is 0 Å². The van der Waals surface area contributed by atoms with Gasteiger partial charge < -0.3 is 9.80 Å². The number of rotatable bonds is 4. The quantitative estimate of drug-likeness (QED) is 0.609. The summed E-state index contributed by atoms with van der Waals surface area (Å²) in [5.41, 5.74) is 2.41. The molecule has 0 fully saturated rings. The van der Waals surface area contributed by atoms with Gasteiger partial charge in [0.15, 0.2) is 14.8 Å². The van der Waals surface area contributed by atoms with E-state index in [2.05, 4.69) is 76.3 Å². The zero-order valence-electron chi connectivity index (χ0n) is 13.8. The molecular formula is C14H26Cl2N2Si2. The smallest absolute Gasteiger partial charge is 0.183 e. The molecule has 0 amide bonds. The molecule has 0 aliphatic rings. The summed E-state index contributed by atoms with van der Waals surface area (Å²) in [6, 6.07) is 4.50. The Bertz CT molecular complexity index is 443. The van der Waals surface area contributed by atoms with Gasteiger partial charge in [-0.25, -0.2) is 0 Å². The van der Waals surface area contributed by atoms with Gasteiger partial charge in [-0.2, -0.15) is 22.2 Å². The van der Waals surface area contributed by atoms with E-state index in [1.807, 2.05) is 0 Å². The molecule has 20 heavy (non-hydrogen) atoms. The number of hydrogen-bond donors (Lipinski definition) is 0. The lowest BCUT2D eigenvalue weighted by Crippen LogP contribution is -2.45. The van der Waals surface area contributed by atoms with Crippen molar-refractivity contribution < 1.29 is 0 Å². The second kappa shape index (κ2) is 5.91. The molecule has 1 aromatic carbocycles. The molecule has 0 aliphatic carbocycles. The van der Waals surface area contributed by atoms with E-state index in [0.29, 0.717) is 0 Å². The minimum atomic E-state index is -1.92. The third-order valence-electron chi connectivity index (χ3n) is 3.36.